The Balaban J connectivity index is 1.73. The Bertz CT molecular complexity index is 853. The van der Waals surface area contributed by atoms with Crippen LogP contribution >= 0.6 is 11.6 Å². The van der Waals surface area contributed by atoms with Gasteiger partial charge in [0.05, 0.1) is 10.9 Å². The van der Waals surface area contributed by atoms with Crippen molar-refractivity contribution < 1.29 is 14.0 Å². The van der Waals surface area contributed by atoms with E-state index in [1.54, 1.807) is 4.90 Å². The van der Waals surface area contributed by atoms with Crippen LogP contribution in [0.2, 0.25) is 5.02 Å². The summed E-state index contributed by atoms with van der Waals surface area (Å²) in [4.78, 5) is 26.4. The van der Waals surface area contributed by atoms with Crippen molar-refractivity contribution in [2.45, 2.75) is 20.3 Å². The van der Waals surface area contributed by atoms with Gasteiger partial charge in [-0.1, -0.05) is 29.3 Å². The molecule has 0 aromatic heterocycles. The average molecular weight is 361 g/mol. The normalized spacial score (nSPS) is 17.0. The van der Waals surface area contributed by atoms with Crippen LogP contribution in [0.5, 0.6) is 0 Å². The summed E-state index contributed by atoms with van der Waals surface area (Å²) in [5.74, 6) is -1.36. The number of carbonyl (C=O) groups is 2. The van der Waals surface area contributed by atoms with Crippen LogP contribution in [-0.4, -0.2) is 18.4 Å². The summed E-state index contributed by atoms with van der Waals surface area (Å²) in [5, 5.41) is 2.64. The number of hydrogen-bond donors (Lipinski definition) is 1. The highest BCUT2D eigenvalue weighted by Gasteiger charge is 2.35. The first-order valence-corrected chi connectivity index (χ1v) is 8.36. The highest BCUT2D eigenvalue weighted by molar-refractivity contribution is 6.31. The Morgan fingerprint density at radius 3 is 2.68 bits per heavy atom. The number of anilines is 2. The zero-order valence-electron chi connectivity index (χ0n) is 14.0. The van der Waals surface area contributed by atoms with Gasteiger partial charge in [0, 0.05) is 24.3 Å². The zero-order valence-corrected chi connectivity index (χ0v) is 14.7. The monoisotopic (exact) mass is 360 g/mol. The molecule has 3 rings (SSSR count). The maximum Gasteiger partial charge on any atom is 0.229 e. The first-order chi connectivity index (χ1) is 11.8. The molecule has 2 aromatic carbocycles. The molecule has 25 heavy (non-hydrogen) atoms. The highest BCUT2D eigenvalue weighted by Crippen LogP contribution is 2.29. The third-order valence-corrected chi connectivity index (χ3v) is 4.62. The number of aryl methyl sites for hydroxylation is 2. The molecule has 0 spiro atoms. The molecule has 6 heteroatoms. The van der Waals surface area contributed by atoms with Gasteiger partial charge in [0.1, 0.15) is 5.82 Å². The first kappa shape index (κ1) is 17.4. The summed E-state index contributed by atoms with van der Waals surface area (Å²) in [6.07, 6.45) is 0.147. The number of amides is 2. The van der Waals surface area contributed by atoms with Gasteiger partial charge in [-0.2, -0.15) is 0 Å². The van der Waals surface area contributed by atoms with Crippen LogP contribution in [0.1, 0.15) is 17.5 Å². The predicted molar refractivity (Wildman–Crippen MR) is 96.4 cm³/mol. The third kappa shape index (κ3) is 3.66. The fraction of sp³-hybridized carbons (Fsp3) is 0.263. The van der Waals surface area contributed by atoms with Crippen LogP contribution in [0.4, 0.5) is 15.8 Å². The molecule has 0 bridgehead atoms. The lowest BCUT2D eigenvalue weighted by atomic mass is 10.1. The van der Waals surface area contributed by atoms with Crippen molar-refractivity contribution in [1.82, 2.24) is 0 Å². The van der Waals surface area contributed by atoms with Crippen molar-refractivity contribution in [3.8, 4) is 0 Å². The fourth-order valence-corrected chi connectivity index (χ4v) is 3.22. The van der Waals surface area contributed by atoms with Crippen molar-refractivity contribution in [1.29, 1.82) is 0 Å². The van der Waals surface area contributed by atoms with E-state index in [-0.39, 0.29) is 23.3 Å². The van der Waals surface area contributed by atoms with E-state index in [9.17, 15) is 14.0 Å². The molecule has 1 atom stereocenters. The molecule has 1 N–H and O–H groups in total. The van der Waals surface area contributed by atoms with Gasteiger partial charge in [-0.3, -0.25) is 9.59 Å². The summed E-state index contributed by atoms with van der Waals surface area (Å²) in [5.41, 5.74) is 3.36. The minimum atomic E-state index is -0.545. The molecule has 0 radical (unpaired) electrons. The molecule has 1 aliphatic heterocycles. The van der Waals surface area contributed by atoms with Crippen molar-refractivity contribution in [3.05, 3.63) is 58.4 Å². The Morgan fingerprint density at radius 2 is 2.00 bits per heavy atom. The molecule has 0 saturated carbocycles. The lowest BCUT2D eigenvalue weighted by Gasteiger charge is -2.19. The Hall–Kier alpha value is -2.40. The van der Waals surface area contributed by atoms with Gasteiger partial charge in [-0.15, -0.1) is 0 Å². The Labute approximate surface area is 150 Å². The van der Waals surface area contributed by atoms with E-state index in [0.717, 1.165) is 16.8 Å². The minimum absolute atomic E-state index is 0.0581. The van der Waals surface area contributed by atoms with Crippen molar-refractivity contribution in [2.75, 3.05) is 16.8 Å². The number of hydrogen-bond acceptors (Lipinski definition) is 2. The van der Waals surface area contributed by atoms with Gasteiger partial charge in [0.15, 0.2) is 0 Å². The highest BCUT2D eigenvalue weighted by atomic mass is 35.5. The molecular formula is C19H18ClFN2O2. The molecule has 1 saturated heterocycles. The van der Waals surface area contributed by atoms with E-state index >= 15 is 0 Å². The van der Waals surface area contributed by atoms with E-state index in [1.807, 2.05) is 32.0 Å². The van der Waals surface area contributed by atoms with Gasteiger partial charge in [0.25, 0.3) is 0 Å². The van der Waals surface area contributed by atoms with Crippen LogP contribution in [0.3, 0.4) is 0 Å². The largest absolute Gasteiger partial charge is 0.326 e. The van der Waals surface area contributed by atoms with Crippen LogP contribution < -0.4 is 10.2 Å². The summed E-state index contributed by atoms with van der Waals surface area (Å²) < 4.78 is 13.2. The topological polar surface area (TPSA) is 49.4 Å². The second kappa shape index (κ2) is 6.84. The molecule has 1 unspecified atom stereocenters. The average Bonchev–Trinajstić information content (AvgIpc) is 2.93. The van der Waals surface area contributed by atoms with Crippen LogP contribution in [0.15, 0.2) is 36.4 Å². The number of rotatable bonds is 3. The van der Waals surface area contributed by atoms with E-state index in [1.165, 1.54) is 18.2 Å². The molecule has 4 nitrogen and oxygen atoms in total. The number of benzene rings is 2. The molecular weight excluding hydrogens is 343 g/mol. The van der Waals surface area contributed by atoms with Gasteiger partial charge in [-0.05, 0) is 43.7 Å². The quantitative estimate of drug-likeness (QED) is 0.896. The second-order valence-electron chi connectivity index (χ2n) is 6.31. The number of nitrogens with one attached hydrogen (secondary N) is 1. The number of halogens is 2. The van der Waals surface area contributed by atoms with E-state index in [2.05, 4.69) is 5.32 Å². The lowest BCUT2D eigenvalue weighted by molar-refractivity contribution is -0.122. The Kier molecular flexibility index (Phi) is 4.77. The SMILES string of the molecule is Cc1ccc(N2CC(C(=O)Nc3ccc(F)c(Cl)c3)CC2=O)c(C)c1. The molecule has 1 heterocycles. The number of carbonyl (C=O) groups excluding carboxylic acids is 2. The standard InChI is InChI=1S/C19H18ClFN2O2/c1-11-3-6-17(12(2)7-11)23-10-13(8-18(23)24)19(25)22-14-4-5-16(21)15(20)9-14/h3-7,9,13H,8,10H2,1-2H3,(H,22,25). The van der Waals surface area contributed by atoms with E-state index < -0.39 is 11.7 Å². The smallest absolute Gasteiger partial charge is 0.229 e. The van der Waals surface area contributed by atoms with Gasteiger partial charge >= 0.3 is 0 Å². The maximum atomic E-state index is 13.2. The van der Waals surface area contributed by atoms with E-state index in [4.69, 9.17) is 11.6 Å². The fourth-order valence-electron chi connectivity index (χ4n) is 3.04. The van der Waals surface area contributed by atoms with Crippen LogP contribution in [-0.2, 0) is 9.59 Å². The van der Waals surface area contributed by atoms with Gasteiger partial charge in [-0.25, -0.2) is 4.39 Å². The van der Waals surface area contributed by atoms with Crippen molar-refractivity contribution >= 4 is 34.8 Å². The summed E-state index contributed by atoms with van der Waals surface area (Å²) >= 11 is 5.72. The van der Waals surface area contributed by atoms with Crippen LogP contribution in [0.25, 0.3) is 0 Å². The Morgan fingerprint density at radius 1 is 1.24 bits per heavy atom. The summed E-state index contributed by atoms with van der Waals surface area (Å²) in [6.45, 7) is 4.26. The van der Waals surface area contributed by atoms with Crippen molar-refractivity contribution in [2.24, 2.45) is 5.92 Å². The minimum Gasteiger partial charge on any atom is -0.326 e. The van der Waals surface area contributed by atoms with Crippen LogP contribution in [0, 0.1) is 25.6 Å². The molecule has 130 valence electrons. The lowest BCUT2D eigenvalue weighted by Crippen LogP contribution is -2.28. The van der Waals surface area contributed by atoms with Gasteiger partial charge in [0.2, 0.25) is 11.8 Å². The maximum absolute atomic E-state index is 13.2. The van der Waals surface area contributed by atoms with Gasteiger partial charge < -0.3 is 10.2 Å². The predicted octanol–water partition coefficient (Wildman–Crippen LogP) is 4.09. The zero-order chi connectivity index (χ0) is 18.1. The summed E-state index contributed by atoms with van der Waals surface area (Å²) in [7, 11) is 0. The molecule has 1 fully saturated rings. The third-order valence-electron chi connectivity index (χ3n) is 4.33. The van der Waals surface area contributed by atoms with Crippen molar-refractivity contribution in [3.63, 3.8) is 0 Å². The number of nitrogens with zero attached hydrogens (tertiary/aromatic N) is 1. The van der Waals surface area contributed by atoms with E-state index in [0.29, 0.717) is 12.2 Å². The molecule has 2 amide bonds. The second-order valence-corrected chi connectivity index (χ2v) is 6.72. The molecule has 1 aliphatic rings. The summed E-state index contributed by atoms with van der Waals surface area (Å²) in [6, 6.07) is 9.85. The molecule has 2 aromatic rings. The first-order valence-electron chi connectivity index (χ1n) is 7.98. The molecule has 0 aliphatic carbocycles.